The van der Waals surface area contributed by atoms with E-state index in [4.69, 9.17) is 14.2 Å². The van der Waals surface area contributed by atoms with Crippen LogP contribution in [0.25, 0.3) is 22.0 Å². The van der Waals surface area contributed by atoms with Crippen LogP contribution in [0.5, 0.6) is 17.2 Å². The summed E-state index contributed by atoms with van der Waals surface area (Å²) in [7, 11) is 2.06. The Hall–Kier alpha value is -3.93. The van der Waals surface area contributed by atoms with Crippen LogP contribution in [0.4, 0.5) is 5.69 Å². The quantitative estimate of drug-likeness (QED) is 0.339. The number of ether oxygens (including phenoxy) is 3. The first-order valence-electron chi connectivity index (χ1n) is 12.7. The number of aromatic nitrogens is 1. The highest BCUT2D eigenvalue weighted by Crippen LogP contribution is 2.57. The molecule has 1 amide bonds. The largest absolute Gasteiger partial charge is 0.491 e. The Morgan fingerprint density at radius 1 is 0.944 bits per heavy atom. The van der Waals surface area contributed by atoms with Gasteiger partial charge in [-0.3, -0.25) is 4.79 Å². The number of rotatable bonds is 5. The first-order valence-corrected chi connectivity index (χ1v) is 12.7. The lowest BCUT2D eigenvalue weighted by Crippen LogP contribution is -2.43. The van der Waals surface area contributed by atoms with Crippen LogP contribution in [0, 0.1) is 0 Å². The first-order chi connectivity index (χ1) is 17.6. The lowest BCUT2D eigenvalue weighted by molar-refractivity contribution is -0.122. The monoisotopic (exact) mass is 480 g/mol. The molecule has 0 aliphatic carbocycles. The maximum Gasteiger partial charge on any atom is 0.245 e. The second-order valence-corrected chi connectivity index (χ2v) is 9.96. The van der Waals surface area contributed by atoms with Crippen molar-refractivity contribution in [1.82, 2.24) is 4.57 Å². The van der Waals surface area contributed by atoms with Gasteiger partial charge in [-0.1, -0.05) is 38.0 Å². The molecule has 3 aromatic carbocycles. The van der Waals surface area contributed by atoms with Gasteiger partial charge in [-0.25, -0.2) is 0 Å². The molecule has 7 rings (SSSR count). The SMILES string of the molecule is CCCCCN1C(=O)C2(COc3cc4c(cc32)OCO4)c2c(-c3ccc4c(ccn4C)c3)cccc21. The number of aryl methyl sites for hydroxylation is 1. The molecule has 0 saturated heterocycles. The molecule has 1 aromatic heterocycles. The van der Waals surface area contributed by atoms with Gasteiger partial charge in [0, 0.05) is 53.6 Å². The fourth-order valence-corrected chi connectivity index (χ4v) is 6.12. The van der Waals surface area contributed by atoms with E-state index < -0.39 is 5.41 Å². The lowest BCUT2D eigenvalue weighted by atomic mass is 9.74. The molecule has 1 spiro atoms. The lowest BCUT2D eigenvalue weighted by Gasteiger charge is -2.24. The predicted molar refractivity (Wildman–Crippen MR) is 139 cm³/mol. The predicted octanol–water partition coefficient (Wildman–Crippen LogP) is 5.79. The van der Waals surface area contributed by atoms with Crippen LogP contribution >= 0.6 is 0 Å². The van der Waals surface area contributed by atoms with Crippen LogP contribution < -0.4 is 19.1 Å². The average Bonchev–Trinajstić information content (AvgIpc) is 3.65. The van der Waals surface area contributed by atoms with Crippen molar-refractivity contribution in [2.75, 3.05) is 24.8 Å². The van der Waals surface area contributed by atoms with Gasteiger partial charge in [0.2, 0.25) is 12.7 Å². The minimum absolute atomic E-state index is 0.0828. The number of hydrogen-bond acceptors (Lipinski definition) is 4. The van der Waals surface area contributed by atoms with Crippen molar-refractivity contribution < 1.29 is 19.0 Å². The molecule has 0 N–H and O–H groups in total. The number of fused-ring (bicyclic) bond motifs is 6. The summed E-state index contributed by atoms with van der Waals surface area (Å²) in [6.07, 6.45) is 5.23. The zero-order valence-electron chi connectivity index (χ0n) is 20.5. The molecule has 182 valence electrons. The summed E-state index contributed by atoms with van der Waals surface area (Å²) in [4.78, 5) is 16.4. The number of carbonyl (C=O) groups is 1. The molecular formula is C30H28N2O4. The van der Waals surface area contributed by atoms with Gasteiger partial charge < -0.3 is 23.7 Å². The van der Waals surface area contributed by atoms with E-state index in [-0.39, 0.29) is 19.3 Å². The average molecular weight is 481 g/mol. The van der Waals surface area contributed by atoms with Crippen molar-refractivity contribution in [3.8, 4) is 28.4 Å². The Bertz CT molecular complexity index is 1540. The van der Waals surface area contributed by atoms with Crippen molar-refractivity contribution in [1.29, 1.82) is 0 Å². The molecule has 3 aliphatic rings. The molecule has 0 radical (unpaired) electrons. The molecule has 4 heterocycles. The van der Waals surface area contributed by atoms with Gasteiger partial charge in [-0.2, -0.15) is 0 Å². The smallest absolute Gasteiger partial charge is 0.245 e. The number of carbonyl (C=O) groups excluding carboxylic acids is 1. The van der Waals surface area contributed by atoms with E-state index in [1.54, 1.807) is 0 Å². The van der Waals surface area contributed by atoms with Crippen LogP contribution in [0.15, 0.2) is 60.8 Å². The molecule has 36 heavy (non-hydrogen) atoms. The van der Waals surface area contributed by atoms with E-state index in [0.717, 1.165) is 47.2 Å². The minimum atomic E-state index is -0.917. The second-order valence-electron chi connectivity index (χ2n) is 9.96. The molecule has 1 atom stereocenters. The van der Waals surface area contributed by atoms with Crippen LogP contribution in [-0.4, -0.2) is 30.4 Å². The standard InChI is InChI=1S/C30H28N2O4/c1-3-4-5-12-32-24-8-6-7-21(19-9-10-23-20(14-19)11-13-31(23)2)28(24)30(29(32)33)17-34-25-16-27-26(15-22(25)30)35-18-36-27/h6-11,13-16H,3-5,12,17-18H2,1-2H3. The third kappa shape index (κ3) is 2.81. The summed E-state index contributed by atoms with van der Waals surface area (Å²) < 4.78 is 19.7. The third-order valence-corrected chi connectivity index (χ3v) is 7.93. The van der Waals surface area contributed by atoms with Crippen LogP contribution in [0.2, 0.25) is 0 Å². The number of benzene rings is 3. The summed E-state index contributed by atoms with van der Waals surface area (Å²) in [5.74, 6) is 2.11. The molecule has 6 nitrogen and oxygen atoms in total. The van der Waals surface area contributed by atoms with E-state index in [1.165, 1.54) is 10.9 Å². The zero-order chi connectivity index (χ0) is 24.4. The first kappa shape index (κ1) is 21.4. The van der Waals surface area contributed by atoms with E-state index in [1.807, 2.05) is 17.0 Å². The molecule has 1 unspecified atom stereocenters. The number of amides is 1. The maximum absolute atomic E-state index is 14.4. The molecule has 0 fully saturated rings. The summed E-state index contributed by atoms with van der Waals surface area (Å²) in [6.45, 7) is 3.33. The highest BCUT2D eigenvalue weighted by molar-refractivity contribution is 6.13. The number of unbranched alkanes of at least 4 members (excludes halogenated alkanes) is 2. The van der Waals surface area contributed by atoms with Gasteiger partial charge >= 0.3 is 0 Å². The summed E-state index contributed by atoms with van der Waals surface area (Å²) >= 11 is 0. The molecule has 0 saturated carbocycles. The molecule has 0 bridgehead atoms. The Morgan fingerprint density at radius 3 is 2.67 bits per heavy atom. The summed E-state index contributed by atoms with van der Waals surface area (Å²) in [5, 5.41) is 1.18. The highest BCUT2D eigenvalue weighted by Gasteiger charge is 2.58. The van der Waals surface area contributed by atoms with Crippen LogP contribution in [0.3, 0.4) is 0 Å². The Balaban J connectivity index is 1.46. The Labute approximate surface area is 210 Å². The van der Waals surface area contributed by atoms with Crippen LogP contribution in [0.1, 0.15) is 37.3 Å². The minimum Gasteiger partial charge on any atom is -0.491 e. The summed E-state index contributed by atoms with van der Waals surface area (Å²) in [5.41, 5.74) is 5.31. The molecule has 6 heteroatoms. The van der Waals surface area contributed by atoms with Crippen molar-refractivity contribution in [2.24, 2.45) is 7.05 Å². The number of nitrogens with zero attached hydrogens (tertiary/aromatic N) is 2. The van der Waals surface area contributed by atoms with Gasteiger partial charge in [0.05, 0.1) is 0 Å². The highest BCUT2D eigenvalue weighted by atomic mass is 16.7. The summed E-state index contributed by atoms with van der Waals surface area (Å²) in [6, 6.07) is 18.8. The Morgan fingerprint density at radius 2 is 1.81 bits per heavy atom. The van der Waals surface area contributed by atoms with Gasteiger partial charge in [0.1, 0.15) is 17.8 Å². The van der Waals surface area contributed by atoms with Gasteiger partial charge in [-0.05, 0) is 47.9 Å². The fraction of sp³-hybridized carbons (Fsp3) is 0.300. The van der Waals surface area contributed by atoms with Gasteiger partial charge in [-0.15, -0.1) is 0 Å². The van der Waals surface area contributed by atoms with E-state index in [0.29, 0.717) is 23.8 Å². The van der Waals surface area contributed by atoms with Crippen molar-refractivity contribution in [2.45, 2.75) is 31.6 Å². The third-order valence-electron chi connectivity index (χ3n) is 7.93. The maximum atomic E-state index is 14.4. The fourth-order valence-electron chi connectivity index (χ4n) is 6.12. The van der Waals surface area contributed by atoms with Crippen LogP contribution in [-0.2, 0) is 17.3 Å². The van der Waals surface area contributed by atoms with Crippen molar-refractivity contribution in [3.05, 3.63) is 71.9 Å². The zero-order valence-corrected chi connectivity index (χ0v) is 20.5. The number of hydrogen-bond donors (Lipinski definition) is 0. The Kier molecular flexibility index (Phi) is 4.62. The molecule has 3 aliphatic heterocycles. The molecule has 4 aromatic rings. The van der Waals surface area contributed by atoms with E-state index in [2.05, 4.69) is 67.2 Å². The van der Waals surface area contributed by atoms with E-state index >= 15 is 0 Å². The number of anilines is 1. The molecular weight excluding hydrogens is 452 g/mol. The second kappa shape index (κ2) is 7.79. The van der Waals surface area contributed by atoms with Crippen molar-refractivity contribution >= 4 is 22.5 Å². The topological polar surface area (TPSA) is 52.9 Å². The van der Waals surface area contributed by atoms with Crippen molar-refractivity contribution in [3.63, 3.8) is 0 Å². The normalized spacial score (nSPS) is 19.3. The van der Waals surface area contributed by atoms with Gasteiger partial charge in [0.15, 0.2) is 11.5 Å². The van der Waals surface area contributed by atoms with Gasteiger partial charge in [0.25, 0.3) is 0 Å². The van der Waals surface area contributed by atoms with E-state index in [9.17, 15) is 4.79 Å².